The summed E-state index contributed by atoms with van der Waals surface area (Å²) in [7, 11) is -4.55. The van der Waals surface area contributed by atoms with Crippen molar-refractivity contribution in [1.82, 2.24) is 4.90 Å². The first-order valence-electron chi connectivity index (χ1n) is 13.8. The molecule has 2 atom stereocenters. The Hall–Kier alpha value is -3.23. The first kappa shape index (κ1) is 30.8. The van der Waals surface area contributed by atoms with Crippen LogP contribution in [0.15, 0.2) is 47.4 Å². The van der Waals surface area contributed by atoms with Crippen LogP contribution in [0.1, 0.15) is 48.8 Å². The monoisotopic (exact) mass is 651 g/mol. The molecule has 2 unspecified atom stereocenters. The first-order valence-corrected chi connectivity index (χ1v) is 15.3. The van der Waals surface area contributed by atoms with Gasteiger partial charge in [0.1, 0.15) is 10.6 Å². The van der Waals surface area contributed by atoms with Crippen LogP contribution in [0, 0.1) is 23.1 Å². The highest BCUT2D eigenvalue weighted by atomic mass is 32.2. The Bertz CT molecular complexity index is 1630. The number of hydrogen-bond donors (Lipinski definition) is 1. The summed E-state index contributed by atoms with van der Waals surface area (Å²) in [5, 5.41) is 9.19. The molecule has 1 aliphatic heterocycles. The Balaban J connectivity index is 1.40. The van der Waals surface area contributed by atoms with Gasteiger partial charge in [-0.25, -0.2) is 17.2 Å². The molecule has 238 valence electrons. The molecule has 3 fully saturated rings. The lowest BCUT2D eigenvalue weighted by molar-refractivity contribution is -0.348. The maximum absolute atomic E-state index is 15.0. The fourth-order valence-corrected chi connectivity index (χ4v) is 10.3. The van der Waals surface area contributed by atoms with Crippen LogP contribution in [0.4, 0.5) is 35.1 Å². The number of sulfone groups is 1. The summed E-state index contributed by atoms with van der Waals surface area (Å²) >= 11 is 0. The zero-order valence-electron chi connectivity index (χ0n) is 22.7. The van der Waals surface area contributed by atoms with Gasteiger partial charge in [0.2, 0.25) is 5.91 Å². The van der Waals surface area contributed by atoms with Gasteiger partial charge in [-0.1, -0.05) is 18.2 Å². The maximum atomic E-state index is 15.0. The van der Waals surface area contributed by atoms with Gasteiger partial charge in [-0.15, -0.1) is 0 Å². The molecular formula is C29H25F8NO5S. The Morgan fingerprint density at radius 2 is 1.43 bits per heavy atom. The summed E-state index contributed by atoms with van der Waals surface area (Å²) in [4.78, 5) is 25.9. The van der Waals surface area contributed by atoms with Crippen molar-refractivity contribution < 1.29 is 58.2 Å². The number of carbonyl (C=O) groups excluding carboxylic acids is 1. The Morgan fingerprint density at radius 1 is 0.864 bits per heavy atom. The molecule has 6 nitrogen and oxygen atoms in total. The summed E-state index contributed by atoms with van der Waals surface area (Å²) in [5.74, 6) is -3.22. The minimum Gasteiger partial charge on any atom is -0.481 e. The molecule has 2 aromatic carbocycles. The van der Waals surface area contributed by atoms with Crippen molar-refractivity contribution in [3.63, 3.8) is 0 Å². The molecule has 15 heteroatoms. The number of carbonyl (C=O) groups is 2. The second-order valence-electron chi connectivity index (χ2n) is 12.4. The van der Waals surface area contributed by atoms with Crippen LogP contribution >= 0.6 is 0 Å². The van der Waals surface area contributed by atoms with Gasteiger partial charge in [-0.05, 0) is 79.3 Å². The van der Waals surface area contributed by atoms with E-state index in [1.165, 1.54) is 4.90 Å². The predicted octanol–water partition coefficient (Wildman–Crippen LogP) is 5.83. The van der Waals surface area contributed by atoms with Crippen molar-refractivity contribution in [2.75, 3.05) is 6.54 Å². The van der Waals surface area contributed by atoms with Crippen molar-refractivity contribution in [2.45, 2.75) is 72.2 Å². The highest BCUT2D eigenvalue weighted by Crippen LogP contribution is 2.63. The number of halogens is 8. The first-order chi connectivity index (χ1) is 20.3. The number of benzene rings is 2. The predicted molar refractivity (Wildman–Crippen MR) is 136 cm³/mol. The average Bonchev–Trinajstić information content (AvgIpc) is 3.40. The average molecular weight is 652 g/mol. The van der Waals surface area contributed by atoms with Gasteiger partial charge in [-0.2, -0.15) is 26.3 Å². The quantitative estimate of drug-likeness (QED) is 0.325. The topological polar surface area (TPSA) is 91.8 Å². The summed E-state index contributed by atoms with van der Waals surface area (Å²) in [5.41, 5.74) is -8.23. The van der Waals surface area contributed by atoms with Crippen LogP contribution < -0.4 is 0 Å². The Kier molecular flexibility index (Phi) is 6.57. The van der Waals surface area contributed by atoms with E-state index in [2.05, 4.69) is 0 Å². The number of fused-ring (bicyclic) bond motifs is 3. The molecule has 2 aromatic rings. The number of carboxylic acid groups (broad SMARTS) is 1. The second kappa shape index (κ2) is 9.39. The number of amides is 1. The molecule has 6 rings (SSSR count). The van der Waals surface area contributed by atoms with Gasteiger partial charge >= 0.3 is 24.0 Å². The molecule has 4 aliphatic rings. The van der Waals surface area contributed by atoms with Crippen LogP contribution in [0.25, 0.3) is 0 Å². The van der Waals surface area contributed by atoms with E-state index in [-0.39, 0.29) is 40.5 Å². The number of likely N-dealkylation sites (tertiary alicyclic amines) is 1. The van der Waals surface area contributed by atoms with Crippen molar-refractivity contribution in [3.8, 4) is 0 Å². The molecule has 3 aliphatic carbocycles. The molecule has 0 radical (unpaired) electrons. The van der Waals surface area contributed by atoms with Crippen molar-refractivity contribution in [1.29, 1.82) is 0 Å². The van der Waals surface area contributed by atoms with Crippen molar-refractivity contribution in [2.24, 2.45) is 17.3 Å². The van der Waals surface area contributed by atoms with Crippen LogP contribution in [-0.2, 0) is 36.3 Å². The van der Waals surface area contributed by atoms with Gasteiger partial charge in [-0.3, -0.25) is 9.59 Å². The number of nitrogens with zero attached hydrogens (tertiary/aromatic N) is 1. The lowest BCUT2D eigenvalue weighted by atomic mass is 9.48. The summed E-state index contributed by atoms with van der Waals surface area (Å²) < 4.78 is 136. The maximum Gasteiger partial charge on any atom is 0.435 e. The molecule has 2 saturated carbocycles. The number of aliphatic carboxylic acids is 1. The van der Waals surface area contributed by atoms with E-state index in [4.69, 9.17) is 0 Å². The minimum atomic E-state index is -6.38. The molecule has 1 N–H and O–H groups in total. The van der Waals surface area contributed by atoms with E-state index in [1.807, 2.05) is 0 Å². The summed E-state index contributed by atoms with van der Waals surface area (Å²) in [6, 6.07) is 3.90. The van der Waals surface area contributed by atoms with Crippen LogP contribution in [0.2, 0.25) is 0 Å². The smallest absolute Gasteiger partial charge is 0.435 e. The van der Waals surface area contributed by atoms with E-state index >= 15 is 0 Å². The van der Waals surface area contributed by atoms with Crippen LogP contribution in [0.5, 0.6) is 0 Å². The second-order valence-corrected chi connectivity index (χ2v) is 14.6. The zero-order valence-corrected chi connectivity index (χ0v) is 23.5. The molecule has 0 bridgehead atoms. The van der Waals surface area contributed by atoms with E-state index in [9.17, 15) is 58.2 Å². The van der Waals surface area contributed by atoms with Gasteiger partial charge in [0.25, 0.3) is 0 Å². The zero-order chi connectivity index (χ0) is 32.3. The summed E-state index contributed by atoms with van der Waals surface area (Å²) in [6.45, 7) is -0.0927. The van der Waals surface area contributed by atoms with Gasteiger partial charge in [0, 0.05) is 18.0 Å². The summed E-state index contributed by atoms with van der Waals surface area (Å²) in [6.07, 6.45) is -11.9. The Labute approximate surface area is 245 Å². The fraction of sp³-hybridized carbons (Fsp3) is 0.517. The highest BCUT2D eigenvalue weighted by Gasteiger charge is 2.74. The van der Waals surface area contributed by atoms with Gasteiger partial charge < -0.3 is 10.0 Å². The van der Waals surface area contributed by atoms with Gasteiger partial charge in [0.15, 0.2) is 9.84 Å². The normalized spacial score (nSPS) is 30.0. The van der Waals surface area contributed by atoms with E-state index < -0.39 is 80.2 Å². The highest BCUT2D eigenvalue weighted by molar-refractivity contribution is 7.92. The number of hydrogen-bond acceptors (Lipinski definition) is 4. The van der Waals surface area contributed by atoms with E-state index in [0.717, 1.165) is 30.3 Å². The number of carboxylic acids is 1. The lowest BCUT2D eigenvalue weighted by Gasteiger charge is -2.56. The largest absolute Gasteiger partial charge is 0.481 e. The van der Waals surface area contributed by atoms with E-state index in [1.54, 1.807) is 0 Å². The number of alkyl halides is 7. The molecule has 1 heterocycles. The van der Waals surface area contributed by atoms with Crippen molar-refractivity contribution >= 4 is 21.7 Å². The molecule has 1 saturated heterocycles. The molecule has 0 aromatic heterocycles. The SMILES string of the molecule is O=C(O)C1CC2(C1)CC(C(=O)N1CCC3(S(=O)(=O)c4ccc(F)cc4)c4ccc(C(F)(C(F)(F)F)C(F)(F)F)cc4CC13)C2. The van der Waals surface area contributed by atoms with Crippen molar-refractivity contribution in [3.05, 3.63) is 65.0 Å². The fourth-order valence-electron chi connectivity index (χ4n) is 7.97. The third-order valence-electron chi connectivity index (χ3n) is 10.1. The van der Waals surface area contributed by atoms with Gasteiger partial charge in [0.05, 0.1) is 16.9 Å². The van der Waals surface area contributed by atoms with Crippen LogP contribution in [0.3, 0.4) is 0 Å². The van der Waals surface area contributed by atoms with Crippen LogP contribution in [-0.4, -0.2) is 55.2 Å². The molecular weight excluding hydrogens is 626 g/mol. The van der Waals surface area contributed by atoms with E-state index in [0.29, 0.717) is 31.7 Å². The molecule has 1 amide bonds. The minimum absolute atomic E-state index is 0.0927. The standard InChI is InChI=1S/C29H25F8NO5S/c30-19-2-4-20(5-3-19)44(42,43)26-7-8-38(23(39)16-11-25(12-16)13-17(14-25)24(40)41)22(26)10-15-9-18(1-6-21(15)26)27(31,28(32,33)34)29(35,36)37/h1-6,9,16-17,22H,7-8,10-14H2,(H,40,41). The third-order valence-corrected chi connectivity index (χ3v) is 12.6. The number of rotatable bonds is 5. The molecule has 1 spiro atoms. The Morgan fingerprint density at radius 3 is 1.98 bits per heavy atom. The molecule has 44 heavy (non-hydrogen) atoms. The lowest BCUT2D eigenvalue weighted by Crippen LogP contribution is -2.56. The third kappa shape index (κ3) is 4.06.